The van der Waals surface area contributed by atoms with Crippen molar-refractivity contribution in [3.63, 3.8) is 0 Å². The molecule has 1 saturated heterocycles. The second-order valence-electron chi connectivity index (χ2n) is 7.22. The van der Waals surface area contributed by atoms with Crippen LogP contribution in [0.5, 0.6) is 0 Å². The predicted molar refractivity (Wildman–Crippen MR) is 104 cm³/mol. The summed E-state index contributed by atoms with van der Waals surface area (Å²) >= 11 is 0. The van der Waals surface area contributed by atoms with Gasteiger partial charge in [-0.3, -0.25) is 4.79 Å². The quantitative estimate of drug-likeness (QED) is 0.605. The van der Waals surface area contributed by atoms with E-state index in [1.54, 1.807) is 13.0 Å². The van der Waals surface area contributed by atoms with E-state index in [1.807, 2.05) is 35.2 Å². The number of benzene rings is 1. The Morgan fingerprint density at radius 1 is 1.28 bits per heavy atom. The Morgan fingerprint density at radius 3 is 2.93 bits per heavy atom. The van der Waals surface area contributed by atoms with Gasteiger partial charge in [-0.15, -0.1) is 10.2 Å². The van der Waals surface area contributed by atoms with Gasteiger partial charge in [-0.1, -0.05) is 35.5 Å². The van der Waals surface area contributed by atoms with Crippen LogP contribution in [0.25, 0.3) is 11.6 Å². The molecule has 29 heavy (non-hydrogen) atoms. The van der Waals surface area contributed by atoms with Crippen LogP contribution in [0.3, 0.4) is 0 Å². The van der Waals surface area contributed by atoms with Gasteiger partial charge in [0.15, 0.2) is 5.69 Å². The Hall–Kier alpha value is -3.00. The number of nitrogens with zero attached hydrogens (tertiary/aromatic N) is 4. The van der Waals surface area contributed by atoms with Gasteiger partial charge in [-0.25, -0.2) is 0 Å². The molecule has 0 N–H and O–H groups in total. The summed E-state index contributed by atoms with van der Waals surface area (Å²) in [5.41, 5.74) is 1.65. The molecule has 1 aliphatic rings. The number of rotatable bonds is 7. The summed E-state index contributed by atoms with van der Waals surface area (Å²) in [6, 6.07) is 11.8. The molecule has 1 aliphatic heterocycles. The van der Waals surface area contributed by atoms with E-state index in [9.17, 15) is 4.79 Å². The number of hydrogen-bond acceptors (Lipinski definition) is 7. The molecule has 0 unspecified atom stereocenters. The maximum atomic E-state index is 12.6. The molecule has 1 aromatic carbocycles. The van der Waals surface area contributed by atoms with Crippen LogP contribution >= 0.6 is 0 Å². The van der Waals surface area contributed by atoms with Crippen molar-refractivity contribution in [2.24, 2.45) is 0 Å². The fraction of sp³-hybridized carbons (Fsp3) is 0.429. The SMILES string of the molecule is Cc1cc(-c2nnc(CCC(=O)N3CCC[C@H](OCc4ccccc4)C3)o2)no1. The van der Waals surface area contributed by atoms with Crippen LogP contribution in [-0.4, -0.2) is 45.4 Å². The number of ether oxygens (including phenoxy) is 1. The summed E-state index contributed by atoms with van der Waals surface area (Å²) in [4.78, 5) is 14.5. The van der Waals surface area contributed by atoms with E-state index in [-0.39, 0.29) is 12.0 Å². The first kappa shape index (κ1) is 19.3. The minimum Gasteiger partial charge on any atom is -0.419 e. The van der Waals surface area contributed by atoms with Crippen LogP contribution in [0.1, 0.15) is 36.5 Å². The number of hydrogen-bond donors (Lipinski definition) is 0. The van der Waals surface area contributed by atoms with Crippen molar-refractivity contribution in [1.82, 2.24) is 20.3 Å². The van der Waals surface area contributed by atoms with Crippen LogP contribution in [0, 0.1) is 6.92 Å². The van der Waals surface area contributed by atoms with Gasteiger partial charge in [0, 0.05) is 32.0 Å². The molecule has 3 aromatic rings. The molecular weight excluding hydrogens is 372 g/mol. The highest BCUT2D eigenvalue weighted by atomic mass is 16.5. The summed E-state index contributed by atoms with van der Waals surface area (Å²) in [5.74, 6) is 1.47. The number of likely N-dealkylation sites (tertiary alicyclic amines) is 1. The van der Waals surface area contributed by atoms with Crippen LogP contribution in [0.2, 0.25) is 0 Å². The Morgan fingerprint density at radius 2 is 2.14 bits per heavy atom. The second-order valence-corrected chi connectivity index (χ2v) is 7.22. The van der Waals surface area contributed by atoms with Gasteiger partial charge in [0.25, 0.3) is 5.89 Å². The molecule has 2 aromatic heterocycles. The first-order chi connectivity index (χ1) is 14.2. The van der Waals surface area contributed by atoms with E-state index in [0.717, 1.165) is 24.9 Å². The summed E-state index contributed by atoms with van der Waals surface area (Å²) in [6.45, 7) is 3.75. The van der Waals surface area contributed by atoms with Crippen molar-refractivity contribution < 1.29 is 18.5 Å². The molecule has 0 bridgehead atoms. The van der Waals surface area contributed by atoms with E-state index in [4.69, 9.17) is 13.7 Å². The monoisotopic (exact) mass is 396 g/mol. The van der Waals surface area contributed by atoms with Gasteiger partial charge in [0.05, 0.1) is 12.7 Å². The number of carbonyl (C=O) groups is 1. The van der Waals surface area contributed by atoms with Crippen LogP contribution < -0.4 is 0 Å². The molecule has 1 fully saturated rings. The Labute approximate surface area is 168 Å². The average Bonchev–Trinajstić information content (AvgIpc) is 3.40. The standard InChI is InChI=1S/C21H24N4O4/c1-15-12-18(24-29-15)21-23-22-19(28-21)9-10-20(26)25-11-5-8-17(13-25)27-14-16-6-3-2-4-7-16/h2-4,6-7,12,17H,5,8-11,13-14H2,1H3/t17-/m0/s1. The zero-order chi connectivity index (χ0) is 20.1. The lowest BCUT2D eigenvalue weighted by Gasteiger charge is -2.32. The van der Waals surface area contributed by atoms with Crippen molar-refractivity contribution in [2.75, 3.05) is 13.1 Å². The molecule has 1 amide bonds. The van der Waals surface area contributed by atoms with Gasteiger partial charge in [-0.2, -0.15) is 0 Å². The van der Waals surface area contributed by atoms with Crippen LogP contribution in [0.4, 0.5) is 0 Å². The first-order valence-electron chi connectivity index (χ1n) is 9.87. The fourth-order valence-corrected chi connectivity index (χ4v) is 3.39. The lowest BCUT2D eigenvalue weighted by molar-refractivity contribution is -0.135. The van der Waals surface area contributed by atoms with E-state index in [0.29, 0.717) is 49.2 Å². The van der Waals surface area contributed by atoms with Crippen molar-refractivity contribution in [1.29, 1.82) is 0 Å². The summed E-state index contributed by atoms with van der Waals surface area (Å²) in [6.07, 6.45) is 2.71. The van der Waals surface area contributed by atoms with Crippen LogP contribution in [-0.2, 0) is 22.6 Å². The van der Waals surface area contributed by atoms with Crippen molar-refractivity contribution >= 4 is 5.91 Å². The first-order valence-corrected chi connectivity index (χ1v) is 9.87. The highest BCUT2D eigenvalue weighted by Gasteiger charge is 2.24. The largest absolute Gasteiger partial charge is 0.419 e. The predicted octanol–water partition coefficient (Wildman–Crippen LogP) is 3.17. The van der Waals surface area contributed by atoms with Crippen molar-refractivity contribution in [3.05, 3.63) is 53.6 Å². The van der Waals surface area contributed by atoms with E-state index >= 15 is 0 Å². The van der Waals surface area contributed by atoms with Crippen molar-refractivity contribution in [2.45, 2.75) is 45.3 Å². The van der Waals surface area contributed by atoms with Gasteiger partial charge in [0.1, 0.15) is 5.76 Å². The fourth-order valence-electron chi connectivity index (χ4n) is 3.39. The normalized spacial score (nSPS) is 16.9. The number of piperidine rings is 1. The molecule has 0 saturated carbocycles. The highest BCUT2D eigenvalue weighted by Crippen LogP contribution is 2.19. The Balaban J connectivity index is 1.25. The summed E-state index contributed by atoms with van der Waals surface area (Å²) in [7, 11) is 0. The molecule has 1 atom stereocenters. The van der Waals surface area contributed by atoms with E-state index in [1.165, 1.54) is 0 Å². The Bertz CT molecular complexity index is 937. The third kappa shape index (κ3) is 5.08. The number of amides is 1. The van der Waals surface area contributed by atoms with E-state index in [2.05, 4.69) is 15.4 Å². The molecule has 0 spiro atoms. The van der Waals surface area contributed by atoms with Gasteiger partial charge in [-0.05, 0) is 25.3 Å². The van der Waals surface area contributed by atoms with Gasteiger partial charge >= 0.3 is 0 Å². The highest BCUT2D eigenvalue weighted by molar-refractivity contribution is 5.76. The molecule has 152 valence electrons. The zero-order valence-corrected chi connectivity index (χ0v) is 16.4. The lowest BCUT2D eigenvalue weighted by atomic mass is 10.1. The topological polar surface area (TPSA) is 94.5 Å². The number of aromatic nitrogens is 3. The zero-order valence-electron chi connectivity index (χ0n) is 16.4. The van der Waals surface area contributed by atoms with Crippen molar-refractivity contribution in [3.8, 4) is 11.6 Å². The third-order valence-corrected chi connectivity index (χ3v) is 4.93. The molecule has 8 heteroatoms. The second kappa shape index (κ2) is 9.00. The minimum atomic E-state index is 0.0679. The molecule has 4 rings (SSSR count). The summed E-state index contributed by atoms with van der Waals surface area (Å²) < 4.78 is 16.6. The molecule has 0 aliphatic carbocycles. The van der Waals surface area contributed by atoms with Crippen LogP contribution in [0.15, 0.2) is 45.3 Å². The number of aryl methyl sites for hydroxylation is 2. The maximum Gasteiger partial charge on any atom is 0.269 e. The van der Waals surface area contributed by atoms with E-state index < -0.39 is 0 Å². The van der Waals surface area contributed by atoms with Gasteiger partial charge < -0.3 is 18.6 Å². The molecule has 8 nitrogen and oxygen atoms in total. The average molecular weight is 396 g/mol. The molecule has 3 heterocycles. The number of carbonyl (C=O) groups excluding carboxylic acids is 1. The smallest absolute Gasteiger partial charge is 0.269 e. The maximum absolute atomic E-state index is 12.6. The summed E-state index contributed by atoms with van der Waals surface area (Å²) in [5, 5.41) is 11.8. The minimum absolute atomic E-state index is 0.0679. The molecule has 0 radical (unpaired) electrons. The third-order valence-electron chi connectivity index (χ3n) is 4.93. The van der Waals surface area contributed by atoms with Gasteiger partial charge in [0.2, 0.25) is 11.8 Å². The molecular formula is C21H24N4O4. The lowest BCUT2D eigenvalue weighted by Crippen LogP contribution is -2.43. The Kier molecular flexibility index (Phi) is 6.00.